The van der Waals surface area contributed by atoms with E-state index in [1.807, 2.05) is 17.7 Å². The highest BCUT2D eigenvalue weighted by Gasteiger charge is 2.18. The van der Waals surface area contributed by atoms with Crippen molar-refractivity contribution in [3.8, 4) is 0 Å². The van der Waals surface area contributed by atoms with Crippen LogP contribution in [0.4, 0.5) is 5.69 Å². The van der Waals surface area contributed by atoms with Gasteiger partial charge in [0, 0.05) is 37.0 Å². The second-order valence-electron chi connectivity index (χ2n) is 4.62. The van der Waals surface area contributed by atoms with Crippen molar-refractivity contribution < 1.29 is 14.8 Å². The van der Waals surface area contributed by atoms with Crippen LogP contribution in [0.2, 0.25) is 0 Å². The van der Waals surface area contributed by atoms with E-state index in [0.29, 0.717) is 12.0 Å². The molecule has 1 N–H and O–H groups in total. The first-order valence-electron chi connectivity index (χ1n) is 6.53. The lowest BCUT2D eigenvalue weighted by Gasteiger charge is -2.07. The summed E-state index contributed by atoms with van der Waals surface area (Å²) in [4.78, 5) is 25.7. The molecule has 0 atom stereocenters. The average molecular weight is 289 g/mol. The largest absolute Gasteiger partial charge is 0.478 e. The van der Waals surface area contributed by atoms with Crippen LogP contribution in [0.5, 0.6) is 0 Å². The fourth-order valence-corrected chi connectivity index (χ4v) is 2.14. The van der Waals surface area contributed by atoms with Gasteiger partial charge in [-0.2, -0.15) is 0 Å². The predicted molar refractivity (Wildman–Crippen MR) is 75.4 cm³/mol. The molecule has 0 saturated carbocycles. The van der Waals surface area contributed by atoms with Gasteiger partial charge in [-0.05, 0) is 12.5 Å². The molecule has 0 saturated heterocycles. The van der Waals surface area contributed by atoms with Crippen molar-refractivity contribution in [1.82, 2.24) is 9.55 Å². The highest BCUT2D eigenvalue weighted by molar-refractivity contribution is 5.88. The first kappa shape index (κ1) is 14.7. The molecule has 7 nitrogen and oxygen atoms in total. The van der Waals surface area contributed by atoms with Crippen molar-refractivity contribution in [1.29, 1.82) is 0 Å². The number of aromatic nitrogens is 2. The summed E-state index contributed by atoms with van der Waals surface area (Å²) in [5.41, 5.74) is 0.164. The quantitative estimate of drug-likeness (QED) is 0.650. The zero-order valence-electron chi connectivity index (χ0n) is 11.5. The van der Waals surface area contributed by atoms with E-state index in [2.05, 4.69) is 4.98 Å². The van der Waals surface area contributed by atoms with Crippen LogP contribution in [0.1, 0.15) is 35.1 Å². The monoisotopic (exact) mass is 289 g/mol. The Hall–Kier alpha value is -2.70. The molecule has 2 rings (SSSR count). The van der Waals surface area contributed by atoms with E-state index in [9.17, 15) is 14.9 Å². The van der Waals surface area contributed by atoms with Crippen LogP contribution < -0.4 is 0 Å². The number of nitrogens with zero attached hydrogens (tertiary/aromatic N) is 3. The first-order valence-corrected chi connectivity index (χ1v) is 6.53. The number of aryl methyl sites for hydroxylation is 1. The van der Waals surface area contributed by atoms with E-state index < -0.39 is 10.9 Å². The first-order chi connectivity index (χ1) is 10.0. The van der Waals surface area contributed by atoms with Crippen molar-refractivity contribution in [2.45, 2.75) is 26.3 Å². The van der Waals surface area contributed by atoms with Gasteiger partial charge in [-0.1, -0.05) is 13.0 Å². The van der Waals surface area contributed by atoms with Gasteiger partial charge in [0.25, 0.3) is 5.69 Å². The lowest BCUT2D eigenvalue weighted by Crippen LogP contribution is -2.06. The van der Waals surface area contributed by atoms with Crippen LogP contribution >= 0.6 is 0 Å². The summed E-state index contributed by atoms with van der Waals surface area (Å²) in [5.74, 6) is -0.458. The van der Waals surface area contributed by atoms with E-state index in [-0.39, 0.29) is 11.3 Å². The molecule has 1 heterocycles. The van der Waals surface area contributed by atoms with Crippen LogP contribution in [-0.4, -0.2) is 25.6 Å². The van der Waals surface area contributed by atoms with Crippen LogP contribution in [0.25, 0.3) is 0 Å². The Labute approximate surface area is 121 Å². The average Bonchev–Trinajstić information content (AvgIpc) is 2.86. The molecular formula is C14H15N3O4. The van der Waals surface area contributed by atoms with Crippen LogP contribution in [0.15, 0.2) is 30.6 Å². The number of hydrogen-bond donors (Lipinski definition) is 1. The molecule has 110 valence electrons. The molecule has 0 aliphatic carbocycles. The summed E-state index contributed by atoms with van der Waals surface area (Å²) in [6.07, 6.45) is 4.71. The van der Waals surface area contributed by atoms with Crippen molar-refractivity contribution >= 4 is 11.7 Å². The molecule has 0 aliphatic rings. The SMILES string of the molecule is CCCn1ccnc1Cc1ccc(C(=O)O)cc1[N+](=O)[O-]. The van der Waals surface area contributed by atoms with E-state index in [0.717, 1.165) is 24.9 Å². The molecule has 21 heavy (non-hydrogen) atoms. The number of carboxylic acids is 1. The van der Waals surface area contributed by atoms with Gasteiger partial charge in [0.05, 0.1) is 10.5 Å². The molecule has 0 spiro atoms. The Balaban J connectivity index is 2.37. The Bertz CT molecular complexity index is 679. The normalized spacial score (nSPS) is 10.5. The molecule has 7 heteroatoms. The molecule has 1 aromatic heterocycles. The number of nitro groups is 1. The minimum atomic E-state index is -1.18. The molecule has 0 radical (unpaired) electrons. The maximum atomic E-state index is 11.1. The molecule has 1 aromatic carbocycles. The summed E-state index contributed by atoms with van der Waals surface area (Å²) in [6.45, 7) is 2.82. The molecule has 0 unspecified atom stereocenters. The summed E-state index contributed by atoms with van der Waals surface area (Å²) in [5, 5.41) is 20.0. The Morgan fingerprint density at radius 2 is 2.24 bits per heavy atom. The zero-order valence-corrected chi connectivity index (χ0v) is 11.5. The van der Waals surface area contributed by atoms with Crippen molar-refractivity contribution in [3.05, 3.63) is 57.7 Å². The minimum absolute atomic E-state index is 0.0950. The summed E-state index contributed by atoms with van der Waals surface area (Å²) in [6, 6.07) is 3.94. The molecular weight excluding hydrogens is 274 g/mol. The maximum Gasteiger partial charge on any atom is 0.335 e. The third-order valence-electron chi connectivity index (χ3n) is 3.14. The molecule has 0 fully saturated rings. The Morgan fingerprint density at radius 3 is 2.86 bits per heavy atom. The summed E-state index contributed by atoms with van der Waals surface area (Å²) in [7, 11) is 0. The summed E-state index contributed by atoms with van der Waals surface area (Å²) < 4.78 is 1.94. The molecule has 2 aromatic rings. The number of imidazole rings is 1. The Kier molecular flexibility index (Phi) is 4.32. The summed E-state index contributed by atoms with van der Waals surface area (Å²) >= 11 is 0. The third kappa shape index (κ3) is 3.25. The lowest BCUT2D eigenvalue weighted by atomic mass is 10.1. The number of nitro benzene ring substituents is 1. The van der Waals surface area contributed by atoms with Gasteiger partial charge in [0.15, 0.2) is 0 Å². The number of rotatable bonds is 6. The zero-order chi connectivity index (χ0) is 15.4. The second kappa shape index (κ2) is 6.17. The lowest BCUT2D eigenvalue weighted by molar-refractivity contribution is -0.385. The smallest absolute Gasteiger partial charge is 0.335 e. The van der Waals surface area contributed by atoms with Gasteiger partial charge in [0.2, 0.25) is 0 Å². The fourth-order valence-electron chi connectivity index (χ4n) is 2.14. The van der Waals surface area contributed by atoms with E-state index in [1.54, 1.807) is 6.20 Å². The number of carboxylic acid groups (broad SMARTS) is 1. The van der Waals surface area contributed by atoms with Crippen molar-refractivity contribution in [2.75, 3.05) is 0 Å². The van der Waals surface area contributed by atoms with Gasteiger partial charge < -0.3 is 9.67 Å². The topological polar surface area (TPSA) is 98.3 Å². The number of hydrogen-bond acceptors (Lipinski definition) is 4. The van der Waals surface area contributed by atoms with Gasteiger partial charge in [-0.15, -0.1) is 0 Å². The van der Waals surface area contributed by atoms with Crippen LogP contribution in [-0.2, 0) is 13.0 Å². The van der Waals surface area contributed by atoms with Crippen LogP contribution in [0.3, 0.4) is 0 Å². The maximum absolute atomic E-state index is 11.1. The second-order valence-corrected chi connectivity index (χ2v) is 4.62. The third-order valence-corrected chi connectivity index (χ3v) is 3.14. The predicted octanol–water partition coefficient (Wildman–Crippen LogP) is 2.49. The van der Waals surface area contributed by atoms with Gasteiger partial charge in [-0.3, -0.25) is 10.1 Å². The molecule has 0 aliphatic heterocycles. The van der Waals surface area contributed by atoms with E-state index in [1.165, 1.54) is 12.1 Å². The van der Waals surface area contributed by atoms with E-state index in [4.69, 9.17) is 5.11 Å². The highest BCUT2D eigenvalue weighted by atomic mass is 16.6. The Morgan fingerprint density at radius 1 is 1.48 bits per heavy atom. The van der Waals surface area contributed by atoms with Crippen molar-refractivity contribution in [2.24, 2.45) is 0 Å². The van der Waals surface area contributed by atoms with Gasteiger partial charge >= 0.3 is 5.97 Å². The number of benzene rings is 1. The van der Waals surface area contributed by atoms with Crippen molar-refractivity contribution in [3.63, 3.8) is 0 Å². The van der Waals surface area contributed by atoms with E-state index >= 15 is 0 Å². The van der Waals surface area contributed by atoms with Crippen LogP contribution in [0, 0.1) is 10.1 Å². The molecule has 0 amide bonds. The highest BCUT2D eigenvalue weighted by Crippen LogP contribution is 2.23. The van der Waals surface area contributed by atoms with Gasteiger partial charge in [-0.25, -0.2) is 9.78 Å². The molecule has 0 bridgehead atoms. The number of carbonyl (C=O) groups is 1. The fraction of sp³-hybridized carbons (Fsp3) is 0.286. The minimum Gasteiger partial charge on any atom is -0.478 e. The standard InChI is InChI=1S/C14H15N3O4/c1-2-6-16-7-5-15-13(16)9-10-3-4-11(14(18)19)8-12(10)17(20)21/h3-5,7-8H,2,6,9H2,1H3,(H,18,19). The van der Waals surface area contributed by atoms with Gasteiger partial charge in [0.1, 0.15) is 5.82 Å². The number of aromatic carboxylic acids is 1.